The van der Waals surface area contributed by atoms with E-state index in [4.69, 9.17) is 4.74 Å². The second kappa shape index (κ2) is 7.60. The van der Waals surface area contributed by atoms with Crippen LogP contribution in [0.3, 0.4) is 0 Å². The minimum absolute atomic E-state index is 0.105. The highest BCUT2D eigenvalue weighted by Crippen LogP contribution is 2.26. The molecule has 3 nitrogen and oxygen atoms in total. The van der Waals surface area contributed by atoms with Crippen LogP contribution in [0.4, 0.5) is 0 Å². The summed E-state index contributed by atoms with van der Waals surface area (Å²) >= 11 is 0. The van der Waals surface area contributed by atoms with Gasteiger partial charge in [-0.1, -0.05) is 19.3 Å². The molecule has 0 radical (unpaired) electrons. The van der Waals surface area contributed by atoms with Crippen LogP contribution in [0.25, 0.3) is 0 Å². The van der Waals surface area contributed by atoms with Crippen molar-refractivity contribution in [2.75, 3.05) is 20.7 Å². The molecule has 21 heavy (non-hydrogen) atoms. The Morgan fingerprint density at radius 2 is 2.00 bits per heavy atom. The zero-order chi connectivity index (χ0) is 15.2. The number of methoxy groups -OCH3 is 1. The minimum Gasteiger partial charge on any atom is -0.496 e. The molecule has 0 spiro atoms. The van der Waals surface area contributed by atoms with Gasteiger partial charge in [0, 0.05) is 24.2 Å². The van der Waals surface area contributed by atoms with E-state index in [9.17, 15) is 4.79 Å². The van der Waals surface area contributed by atoms with Gasteiger partial charge >= 0.3 is 0 Å². The SMILES string of the molecule is COc1ccc(C(C)=O)cc1CN(C)CC1CCCCC1. The summed E-state index contributed by atoms with van der Waals surface area (Å²) < 4.78 is 5.43. The van der Waals surface area contributed by atoms with E-state index < -0.39 is 0 Å². The number of benzene rings is 1. The van der Waals surface area contributed by atoms with Crippen LogP contribution in [0.1, 0.15) is 54.9 Å². The van der Waals surface area contributed by atoms with Gasteiger partial charge in [-0.3, -0.25) is 4.79 Å². The van der Waals surface area contributed by atoms with E-state index in [0.717, 1.165) is 35.9 Å². The predicted molar refractivity (Wildman–Crippen MR) is 85.9 cm³/mol. The molecule has 0 bridgehead atoms. The molecule has 1 aromatic rings. The quantitative estimate of drug-likeness (QED) is 0.744. The fourth-order valence-electron chi connectivity index (χ4n) is 3.29. The van der Waals surface area contributed by atoms with E-state index in [0.29, 0.717) is 0 Å². The zero-order valence-corrected chi connectivity index (χ0v) is 13.5. The third-order valence-corrected chi connectivity index (χ3v) is 4.42. The second-order valence-electron chi connectivity index (χ2n) is 6.28. The molecule has 0 saturated heterocycles. The van der Waals surface area contributed by atoms with Crippen molar-refractivity contribution < 1.29 is 9.53 Å². The minimum atomic E-state index is 0.105. The average Bonchev–Trinajstić information content (AvgIpc) is 2.48. The predicted octanol–water partition coefficient (Wildman–Crippen LogP) is 3.91. The van der Waals surface area contributed by atoms with Gasteiger partial charge in [0.2, 0.25) is 0 Å². The molecule has 0 aliphatic heterocycles. The molecule has 3 heteroatoms. The van der Waals surface area contributed by atoms with Crippen molar-refractivity contribution in [3.05, 3.63) is 29.3 Å². The van der Waals surface area contributed by atoms with Gasteiger partial charge in [-0.15, -0.1) is 0 Å². The fourth-order valence-corrected chi connectivity index (χ4v) is 3.29. The highest BCUT2D eigenvalue weighted by molar-refractivity contribution is 5.94. The summed E-state index contributed by atoms with van der Waals surface area (Å²) in [7, 11) is 3.85. The standard InChI is InChI=1S/C18H27NO2/c1-14(20)16-9-10-18(21-3)17(11-16)13-19(2)12-15-7-5-4-6-8-15/h9-11,15H,4-8,12-13H2,1-3H3. The lowest BCUT2D eigenvalue weighted by molar-refractivity contribution is 0.101. The Morgan fingerprint density at radius 3 is 2.62 bits per heavy atom. The van der Waals surface area contributed by atoms with E-state index >= 15 is 0 Å². The maximum atomic E-state index is 11.5. The third-order valence-electron chi connectivity index (χ3n) is 4.42. The smallest absolute Gasteiger partial charge is 0.159 e. The first-order chi connectivity index (χ1) is 10.1. The number of carbonyl (C=O) groups is 1. The van der Waals surface area contributed by atoms with Gasteiger partial charge in [0.1, 0.15) is 5.75 Å². The number of hydrogen-bond acceptors (Lipinski definition) is 3. The molecular weight excluding hydrogens is 262 g/mol. The topological polar surface area (TPSA) is 29.5 Å². The van der Waals surface area contributed by atoms with Crippen molar-refractivity contribution in [1.82, 2.24) is 4.90 Å². The molecule has 1 fully saturated rings. The average molecular weight is 289 g/mol. The maximum Gasteiger partial charge on any atom is 0.159 e. The van der Waals surface area contributed by atoms with Crippen LogP contribution in [0.2, 0.25) is 0 Å². The van der Waals surface area contributed by atoms with Gasteiger partial charge in [0.05, 0.1) is 7.11 Å². The normalized spacial score (nSPS) is 16.2. The van der Waals surface area contributed by atoms with Crippen LogP contribution in [0.15, 0.2) is 18.2 Å². The molecule has 1 aromatic carbocycles. The first-order valence-corrected chi connectivity index (χ1v) is 7.96. The Morgan fingerprint density at radius 1 is 1.29 bits per heavy atom. The van der Waals surface area contributed by atoms with Crippen LogP contribution in [0, 0.1) is 5.92 Å². The number of rotatable bonds is 6. The van der Waals surface area contributed by atoms with E-state index in [-0.39, 0.29) is 5.78 Å². The number of ether oxygens (including phenoxy) is 1. The van der Waals surface area contributed by atoms with Crippen molar-refractivity contribution >= 4 is 5.78 Å². The number of ketones is 1. The van der Waals surface area contributed by atoms with Gasteiger partial charge in [0.25, 0.3) is 0 Å². The molecule has 1 aliphatic rings. The highest BCUT2D eigenvalue weighted by atomic mass is 16.5. The van der Waals surface area contributed by atoms with Crippen molar-refractivity contribution in [3.63, 3.8) is 0 Å². The summed E-state index contributed by atoms with van der Waals surface area (Å²) in [5.41, 5.74) is 1.86. The fraction of sp³-hybridized carbons (Fsp3) is 0.611. The molecule has 0 atom stereocenters. The molecule has 0 unspecified atom stereocenters. The Bertz CT molecular complexity index is 478. The Hall–Kier alpha value is -1.35. The molecule has 0 amide bonds. The maximum absolute atomic E-state index is 11.5. The highest BCUT2D eigenvalue weighted by Gasteiger charge is 2.16. The lowest BCUT2D eigenvalue weighted by Crippen LogP contribution is -2.27. The number of carbonyl (C=O) groups excluding carboxylic acids is 1. The Balaban J connectivity index is 2.02. The number of nitrogens with zero attached hydrogens (tertiary/aromatic N) is 1. The summed E-state index contributed by atoms with van der Waals surface area (Å²) in [6, 6.07) is 5.71. The summed E-state index contributed by atoms with van der Waals surface area (Å²) in [5.74, 6) is 1.80. The van der Waals surface area contributed by atoms with E-state index in [1.807, 2.05) is 18.2 Å². The summed E-state index contributed by atoms with van der Waals surface area (Å²) in [6.45, 7) is 3.57. The van der Waals surface area contributed by atoms with E-state index in [1.54, 1.807) is 14.0 Å². The third kappa shape index (κ3) is 4.57. The van der Waals surface area contributed by atoms with Crippen LogP contribution in [-0.4, -0.2) is 31.4 Å². The van der Waals surface area contributed by atoms with Gasteiger partial charge in [0.15, 0.2) is 5.78 Å². The van der Waals surface area contributed by atoms with E-state index in [2.05, 4.69) is 11.9 Å². The van der Waals surface area contributed by atoms with Crippen LogP contribution >= 0.6 is 0 Å². The van der Waals surface area contributed by atoms with Crippen LogP contribution < -0.4 is 4.74 Å². The lowest BCUT2D eigenvalue weighted by atomic mass is 9.89. The summed E-state index contributed by atoms with van der Waals surface area (Å²) in [4.78, 5) is 13.9. The molecule has 1 saturated carbocycles. The van der Waals surface area contributed by atoms with Gasteiger partial charge in [-0.2, -0.15) is 0 Å². The van der Waals surface area contributed by atoms with Crippen molar-refractivity contribution in [2.24, 2.45) is 5.92 Å². The molecule has 2 rings (SSSR count). The Labute approximate surface area is 128 Å². The summed E-state index contributed by atoms with van der Waals surface area (Å²) in [5, 5.41) is 0. The number of Topliss-reactive ketones (excluding diaryl/α,β-unsaturated/α-hetero) is 1. The summed E-state index contributed by atoms with van der Waals surface area (Å²) in [6.07, 6.45) is 6.86. The van der Waals surface area contributed by atoms with Gasteiger partial charge in [-0.25, -0.2) is 0 Å². The molecule has 0 N–H and O–H groups in total. The van der Waals surface area contributed by atoms with Crippen molar-refractivity contribution in [2.45, 2.75) is 45.6 Å². The molecule has 0 aromatic heterocycles. The second-order valence-corrected chi connectivity index (χ2v) is 6.28. The van der Waals surface area contributed by atoms with Gasteiger partial charge < -0.3 is 9.64 Å². The monoisotopic (exact) mass is 289 g/mol. The van der Waals surface area contributed by atoms with E-state index in [1.165, 1.54) is 32.1 Å². The van der Waals surface area contributed by atoms with Crippen LogP contribution in [-0.2, 0) is 6.54 Å². The molecular formula is C18H27NO2. The molecule has 116 valence electrons. The Kier molecular flexibility index (Phi) is 5.80. The van der Waals surface area contributed by atoms with Crippen molar-refractivity contribution in [3.8, 4) is 5.75 Å². The molecule has 1 aliphatic carbocycles. The van der Waals surface area contributed by atoms with Crippen molar-refractivity contribution in [1.29, 1.82) is 0 Å². The van der Waals surface area contributed by atoms with Gasteiger partial charge in [-0.05, 0) is 50.9 Å². The first kappa shape index (κ1) is 16.0. The largest absolute Gasteiger partial charge is 0.496 e. The molecule has 0 heterocycles. The lowest BCUT2D eigenvalue weighted by Gasteiger charge is -2.27. The van der Waals surface area contributed by atoms with Crippen LogP contribution in [0.5, 0.6) is 5.75 Å². The first-order valence-electron chi connectivity index (χ1n) is 7.96. The number of hydrogen-bond donors (Lipinski definition) is 0. The zero-order valence-electron chi connectivity index (χ0n) is 13.5.